The van der Waals surface area contributed by atoms with Gasteiger partial charge in [-0.15, -0.1) is 0 Å². The molecule has 0 spiro atoms. The molecular weight excluding hydrogens is 252 g/mol. The molecule has 1 aliphatic rings. The second kappa shape index (κ2) is 4.23. The Morgan fingerprint density at radius 3 is 2.85 bits per heavy atom. The largest absolute Gasteiger partial charge is 0.482 e. The molecule has 1 aromatic heterocycles. The number of rotatable bonds is 1. The summed E-state index contributed by atoms with van der Waals surface area (Å²) >= 11 is 0. The van der Waals surface area contributed by atoms with Crippen molar-refractivity contribution >= 4 is 11.0 Å². The van der Waals surface area contributed by atoms with Gasteiger partial charge in [-0.2, -0.15) is 0 Å². The molecule has 1 aliphatic heterocycles. The van der Waals surface area contributed by atoms with Gasteiger partial charge in [0.2, 0.25) is 0 Å². The third-order valence-corrected chi connectivity index (χ3v) is 4.30. The fraction of sp³-hybridized carbons (Fsp3) is 0.353. The Morgan fingerprint density at radius 1 is 1.40 bits per heavy atom. The number of hydrogen-bond acceptors (Lipinski definition) is 3. The molecule has 3 nitrogen and oxygen atoms in total. The summed E-state index contributed by atoms with van der Waals surface area (Å²) < 4.78 is 11.5. The Kier molecular flexibility index (Phi) is 2.75. The summed E-state index contributed by atoms with van der Waals surface area (Å²) in [4.78, 5) is 11.6. The van der Waals surface area contributed by atoms with E-state index in [1.165, 1.54) is 11.6 Å². The number of ether oxygens (including phenoxy) is 1. The maximum absolute atomic E-state index is 11.6. The summed E-state index contributed by atoms with van der Waals surface area (Å²) in [5, 5.41) is 0.981. The number of allylic oxidation sites excluding steroid dienone is 1. The van der Waals surface area contributed by atoms with Crippen molar-refractivity contribution in [3.8, 4) is 5.75 Å². The average molecular weight is 270 g/mol. The van der Waals surface area contributed by atoms with Crippen LogP contribution in [-0.4, -0.2) is 5.60 Å². The van der Waals surface area contributed by atoms with Crippen LogP contribution in [0.5, 0.6) is 5.75 Å². The van der Waals surface area contributed by atoms with Crippen molar-refractivity contribution in [2.75, 3.05) is 0 Å². The molecule has 1 aromatic carbocycles. The van der Waals surface area contributed by atoms with E-state index in [0.29, 0.717) is 5.58 Å². The van der Waals surface area contributed by atoms with Crippen LogP contribution in [0.3, 0.4) is 0 Å². The molecule has 0 amide bonds. The van der Waals surface area contributed by atoms with Gasteiger partial charge >= 0.3 is 5.63 Å². The van der Waals surface area contributed by atoms with E-state index in [1.54, 1.807) is 0 Å². The van der Waals surface area contributed by atoms with Gasteiger partial charge in [-0.05, 0) is 51.0 Å². The van der Waals surface area contributed by atoms with Crippen LogP contribution in [0.2, 0.25) is 0 Å². The van der Waals surface area contributed by atoms with E-state index in [-0.39, 0.29) is 11.2 Å². The first-order chi connectivity index (χ1) is 9.44. The van der Waals surface area contributed by atoms with E-state index in [4.69, 9.17) is 9.15 Å². The normalized spacial score (nSPS) is 21.9. The minimum Gasteiger partial charge on any atom is -0.482 e. The van der Waals surface area contributed by atoms with Crippen LogP contribution in [0, 0.1) is 6.92 Å². The molecule has 20 heavy (non-hydrogen) atoms. The molecule has 3 heteroatoms. The van der Waals surface area contributed by atoms with Crippen molar-refractivity contribution in [2.24, 2.45) is 0 Å². The molecule has 2 heterocycles. The minimum absolute atomic E-state index is 0.306. The zero-order chi connectivity index (χ0) is 14.5. The van der Waals surface area contributed by atoms with Crippen molar-refractivity contribution in [3.05, 3.63) is 51.4 Å². The summed E-state index contributed by atoms with van der Waals surface area (Å²) in [6.07, 6.45) is 2.79. The van der Waals surface area contributed by atoms with Gasteiger partial charge in [0.05, 0.1) is 0 Å². The molecule has 1 unspecified atom stereocenters. The quantitative estimate of drug-likeness (QED) is 0.585. The summed E-state index contributed by atoms with van der Waals surface area (Å²) in [5.74, 6) is 0.815. The SMILES string of the molecule is C/C=C(\C)C1(C)Cc2c(ccc3c(C)cc(=O)oc23)O1. The van der Waals surface area contributed by atoms with Crippen LogP contribution in [0.25, 0.3) is 11.0 Å². The lowest BCUT2D eigenvalue weighted by molar-refractivity contribution is 0.157. The zero-order valence-electron chi connectivity index (χ0n) is 12.2. The molecule has 0 bridgehead atoms. The van der Waals surface area contributed by atoms with Gasteiger partial charge < -0.3 is 9.15 Å². The van der Waals surface area contributed by atoms with Crippen LogP contribution in [0.1, 0.15) is 31.9 Å². The molecule has 0 fully saturated rings. The van der Waals surface area contributed by atoms with E-state index in [9.17, 15) is 4.79 Å². The van der Waals surface area contributed by atoms with Gasteiger partial charge in [0, 0.05) is 23.4 Å². The van der Waals surface area contributed by atoms with Gasteiger partial charge in [-0.1, -0.05) is 6.08 Å². The topological polar surface area (TPSA) is 39.4 Å². The fourth-order valence-corrected chi connectivity index (χ4v) is 2.83. The Labute approximate surface area is 117 Å². The molecule has 0 N–H and O–H groups in total. The highest BCUT2D eigenvalue weighted by atomic mass is 16.5. The maximum Gasteiger partial charge on any atom is 0.336 e. The second-order valence-electron chi connectivity index (χ2n) is 5.65. The van der Waals surface area contributed by atoms with E-state index >= 15 is 0 Å². The highest BCUT2D eigenvalue weighted by Gasteiger charge is 2.37. The van der Waals surface area contributed by atoms with Crippen molar-refractivity contribution in [2.45, 2.75) is 39.7 Å². The first kappa shape index (κ1) is 13.0. The highest BCUT2D eigenvalue weighted by Crippen LogP contribution is 2.42. The van der Waals surface area contributed by atoms with E-state index in [2.05, 4.69) is 19.9 Å². The zero-order valence-corrected chi connectivity index (χ0v) is 12.2. The summed E-state index contributed by atoms with van der Waals surface area (Å²) in [6.45, 7) is 8.07. The van der Waals surface area contributed by atoms with Crippen LogP contribution < -0.4 is 10.4 Å². The third-order valence-electron chi connectivity index (χ3n) is 4.30. The van der Waals surface area contributed by atoms with Crippen LogP contribution in [0.4, 0.5) is 0 Å². The van der Waals surface area contributed by atoms with Crippen molar-refractivity contribution in [1.82, 2.24) is 0 Å². The molecule has 0 saturated carbocycles. The van der Waals surface area contributed by atoms with E-state index in [1.807, 2.05) is 26.0 Å². The van der Waals surface area contributed by atoms with Crippen LogP contribution >= 0.6 is 0 Å². The van der Waals surface area contributed by atoms with Crippen molar-refractivity contribution in [3.63, 3.8) is 0 Å². The van der Waals surface area contributed by atoms with Crippen LogP contribution in [0.15, 0.2) is 39.1 Å². The lowest BCUT2D eigenvalue weighted by Gasteiger charge is -2.24. The molecule has 0 saturated heterocycles. The molecule has 2 aromatic rings. The minimum atomic E-state index is -0.353. The number of aryl methyl sites for hydroxylation is 1. The summed E-state index contributed by atoms with van der Waals surface area (Å²) in [6, 6.07) is 5.46. The average Bonchev–Trinajstić information content (AvgIpc) is 2.76. The Bertz CT molecular complexity index is 783. The van der Waals surface area contributed by atoms with Gasteiger partial charge in [-0.3, -0.25) is 0 Å². The van der Waals surface area contributed by atoms with Crippen LogP contribution in [-0.2, 0) is 6.42 Å². The van der Waals surface area contributed by atoms with Gasteiger partial charge in [0.15, 0.2) is 0 Å². The first-order valence-corrected chi connectivity index (χ1v) is 6.83. The number of benzene rings is 1. The Hall–Kier alpha value is -2.03. The predicted octanol–water partition coefficient (Wildman–Crippen LogP) is 3.76. The standard InChI is InChI=1S/C17H18O3/c1-5-11(3)17(4)9-13-14(20-17)7-6-12-10(2)8-15(18)19-16(12)13/h5-8H,9H2,1-4H3/b11-5+. The molecule has 104 valence electrons. The lowest BCUT2D eigenvalue weighted by Crippen LogP contribution is -2.31. The smallest absolute Gasteiger partial charge is 0.336 e. The molecular formula is C17H18O3. The van der Waals surface area contributed by atoms with Crippen molar-refractivity contribution in [1.29, 1.82) is 0 Å². The van der Waals surface area contributed by atoms with E-state index in [0.717, 1.165) is 28.7 Å². The monoisotopic (exact) mass is 270 g/mol. The Balaban J connectivity index is 2.25. The molecule has 0 radical (unpaired) electrons. The predicted molar refractivity (Wildman–Crippen MR) is 79.4 cm³/mol. The first-order valence-electron chi connectivity index (χ1n) is 6.83. The van der Waals surface area contributed by atoms with E-state index < -0.39 is 0 Å². The number of fused-ring (bicyclic) bond motifs is 3. The lowest BCUT2D eigenvalue weighted by atomic mass is 9.91. The molecule has 3 rings (SSSR count). The van der Waals surface area contributed by atoms with Gasteiger partial charge in [0.25, 0.3) is 0 Å². The molecule has 1 atom stereocenters. The fourth-order valence-electron chi connectivity index (χ4n) is 2.83. The summed E-state index contributed by atoms with van der Waals surface area (Å²) in [5.41, 5.74) is 3.12. The Morgan fingerprint density at radius 2 is 2.15 bits per heavy atom. The van der Waals surface area contributed by atoms with Gasteiger partial charge in [-0.25, -0.2) is 4.79 Å². The van der Waals surface area contributed by atoms with Crippen molar-refractivity contribution < 1.29 is 9.15 Å². The highest BCUT2D eigenvalue weighted by molar-refractivity contribution is 5.85. The van der Waals surface area contributed by atoms with Gasteiger partial charge in [0.1, 0.15) is 16.9 Å². The second-order valence-corrected chi connectivity index (χ2v) is 5.65. The number of hydrogen-bond donors (Lipinski definition) is 0. The molecule has 0 aliphatic carbocycles. The maximum atomic E-state index is 11.6. The summed E-state index contributed by atoms with van der Waals surface area (Å²) in [7, 11) is 0. The third kappa shape index (κ3) is 1.77.